The normalized spacial score (nSPS) is 11.5. The molecule has 2 aromatic rings. The number of hydrogen-bond acceptors (Lipinski definition) is 4. The Bertz CT molecular complexity index is 713. The highest BCUT2D eigenvalue weighted by molar-refractivity contribution is 7.91. The van der Waals surface area contributed by atoms with Crippen LogP contribution < -0.4 is 0 Å². The minimum Gasteiger partial charge on any atom is -0.508 e. The molecular formula is C14H14O4S. The van der Waals surface area contributed by atoms with Crippen LogP contribution in [0.3, 0.4) is 0 Å². The molecular weight excluding hydrogens is 264 g/mol. The van der Waals surface area contributed by atoms with Crippen LogP contribution in [0, 0.1) is 13.8 Å². The van der Waals surface area contributed by atoms with Crippen molar-refractivity contribution < 1.29 is 18.6 Å². The molecule has 0 aliphatic rings. The number of aryl methyl sites for hydroxylation is 2. The summed E-state index contributed by atoms with van der Waals surface area (Å²) in [6, 6.07) is 8.29. The lowest BCUT2D eigenvalue weighted by atomic mass is 10.2. The zero-order valence-corrected chi connectivity index (χ0v) is 11.4. The Balaban J connectivity index is 2.61. The molecule has 0 aliphatic carbocycles. The van der Waals surface area contributed by atoms with Crippen molar-refractivity contribution in [2.24, 2.45) is 0 Å². The van der Waals surface area contributed by atoms with E-state index < -0.39 is 9.84 Å². The van der Waals surface area contributed by atoms with E-state index in [2.05, 4.69) is 0 Å². The second kappa shape index (κ2) is 4.59. The Morgan fingerprint density at radius 3 is 2.16 bits per heavy atom. The standard InChI is InChI=1S/C14H14O4S/c1-9-5-11(15)8-13(6-9)19(17,18)12-3-4-14(16)10(2)7-12/h3-8,15-16H,1-2H3. The van der Waals surface area contributed by atoms with Crippen molar-refractivity contribution in [3.05, 3.63) is 47.5 Å². The van der Waals surface area contributed by atoms with Crippen LogP contribution in [0.2, 0.25) is 0 Å². The van der Waals surface area contributed by atoms with Gasteiger partial charge >= 0.3 is 0 Å². The van der Waals surface area contributed by atoms with Gasteiger partial charge in [0.1, 0.15) is 11.5 Å². The maximum Gasteiger partial charge on any atom is 0.206 e. The molecule has 5 heteroatoms. The average molecular weight is 278 g/mol. The number of hydrogen-bond donors (Lipinski definition) is 2. The minimum atomic E-state index is -3.69. The Kier molecular flexibility index (Phi) is 3.24. The predicted octanol–water partition coefficient (Wildman–Crippen LogP) is 2.55. The third-order valence-corrected chi connectivity index (χ3v) is 4.56. The van der Waals surface area contributed by atoms with E-state index in [0.29, 0.717) is 11.1 Å². The van der Waals surface area contributed by atoms with E-state index in [1.807, 2.05) is 0 Å². The number of sulfone groups is 1. The van der Waals surface area contributed by atoms with E-state index in [1.54, 1.807) is 13.8 Å². The van der Waals surface area contributed by atoms with Gasteiger partial charge in [0.15, 0.2) is 0 Å². The van der Waals surface area contributed by atoms with Gasteiger partial charge in [0.25, 0.3) is 0 Å². The van der Waals surface area contributed by atoms with Crippen LogP contribution in [0.25, 0.3) is 0 Å². The van der Waals surface area contributed by atoms with Crippen LogP contribution in [-0.4, -0.2) is 18.6 Å². The van der Waals surface area contributed by atoms with E-state index >= 15 is 0 Å². The molecule has 100 valence electrons. The summed E-state index contributed by atoms with van der Waals surface area (Å²) in [7, 11) is -3.69. The predicted molar refractivity (Wildman–Crippen MR) is 71.1 cm³/mol. The van der Waals surface area contributed by atoms with Crippen molar-refractivity contribution in [2.45, 2.75) is 23.6 Å². The summed E-state index contributed by atoms with van der Waals surface area (Å²) in [5, 5.41) is 18.9. The average Bonchev–Trinajstić information content (AvgIpc) is 2.31. The molecule has 0 heterocycles. The van der Waals surface area contributed by atoms with Gasteiger partial charge in [-0.3, -0.25) is 0 Å². The fourth-order valence-corrected chi connectivity index (χ4v) is 3.28. The van der Waals surface area contributed by atoms with E-state index in [0.717, 1.165) is 0 Å². The molecule has 0 amide bonds. The lowest BCUT2D eigenvalue weighted by Gasteiger charge is -2.08. The summed E-state index contributed by atoms with van der Waals surface area (Å²) < 4.78 is 24.8. The minimum absolute atomic E-state index is 0.0371. The molecule has 0 saturated heterocycles. The fraction of sp³-hybridized carbons (Fsp3) is 0.143. The van der Waals surface area contributed by atoms with Gasteiger partial charge in [0.05, 0.1) is 9.79 Å². The highest BCUT2D eigenvalue weighted by Gasteiger charge is 2.19. The van der Waals surface area contributed by atoms with Gasteiger partial charge in [0, 0.05) is 0 Å². The van der Waals surface area contributed by atoms with Crippen LogP contribution in [-0.2, 0) is 9.84 Å². The lowest BCUT2D eigenvalue weighted by Crippen LogP contribution is -2.02. The van der Waals surface area contributed by atoms with Gasteiger partial charge in [0.2, 0.25) is 9.84 Å². The third kappa shape index (κ3) is 2.56. The second-order valence-electron chi connectivity index (χ2n) is 4.46. The molecule has 0 aromatic heterocycles. The molecule has 19 heavy (non-hydrogen) atoms. The first-order valence-corrected chi connectivity index (χ1v) is 7.14. The van der Waals surface area contributed by atoms with E-state index in [4.69, 9.17) is 0 Å². The van der Waals surface area contributed by atoms with Gasteiger partial charge in [-0.1, -0.05) is 0 Å². The monoisotopic (exact) mass is 278 g/mol. The van der Waals surface area contributed by atoms with Crippen molar-refractivity contribution >= 4 is 9.84 Å². The molecule has 0 saturated carbocycles. The maximum atomic E-state index is 12.4. The molecule has 0 unspecified atom stereocenters. The fourth-order valence-electron chi connectivity index (χ4n) is 1.81. The number of rotatable bonds is 2. The van der Waals surface area contributed by atoms with Crippen LogP contribution in [0.5, 0.6) is 11.5 Å². The Labute approximate surface area is 111 Å². The van der Waals surface area contributed by atoms with Gasteiger partial charge in [-0.2, -0.15) is 0 Å². The van der Waals surface area contributed by atoms with Gasteiger partial charge in [-0.05, 0) is 61.4 Å². The molecule has 0 fully saturated rings. The molecule has 0 bridgehead atoms. The van der Waals surface area contributed by atoms with Crippen molar-refractivity contribution in [3.8, 4) is 11.5 Å². The van der Waals surface area contributed by atoms with E-state index in [9.17, 15) is 18.6 Å². The smallest absolute Gasteiger partial charge is 0.206 e. The summed E-state index contributed by atoms with van der Waals surface area (Å²) in [4.78, 5) is 0.128. The SMILES string of the molecule is Cc1cc(O)cc(S(=O)(=O)c2ccc(O)c(C)c2)c1. The summed E-state index contributed by atoms with van der Waals surface area (Å²) in [5.41, 5.74) is 1.15. The third-order valence-electron chi connectivity index (χ3n) is 2.82. The van der Waals surface area contributed by atoms with Crippen LogP contribution >= 0.6 is 0 Å². The van der Waals surface area contributed by atoms with Crippen molar-refractivity contribution in [1.82, 2.24) is 0 Å². The first-order valence-electron chi connectivity index (χ1n) is 5.66. The summed E-state index contributed by atoms with van der Waals surface area (Å²) in [6.45, 7) is 3.34. The molecule has 0 spiro atoms. The highest BCUT2D eigenvalue weighted by atomic mass is 32.2. The molecule has 2 N–H and O–H groups in total. The summed E-state index contributed by atoms with van der Waals surface area (Å²) >= 11 is 0. The first-order chi connectivity index (χ1) is 8.80. The van der Waals surface area contributed by atoms with Crippen molar-refractivity contribution in [2.75, 3.05) is 0 Å². The zero-order valence-electron chi connectivity index (χ0n) is 10.6. The van der Waals surface area contributed by atoms with Gasteiger partial charge in [-0.15, -0.1) is 0 Å². The number of phenolic OH excluding ortho intramolecular Hbond substituents is 2. The Morgan fingerprint density at radius 2 is 1.58 bits per heavy atom. The number of benzene rings is 2. The lowest BCUT2D eigenvalue weighted by molar-refractivity contribution is 0.470. The molecule has 0 radical (unpaired) electrons. The molecule has 2 aromatic carbocycles. The molecule has 0 atom stereocenters. The molecule has 4 nitrogen and oxygen atoms in total. The number of aromatic hydroxyl groups is 2. The highest BCUT2D eigenvalue weighted by Crippen LogP contribution is 2.28. The molecule has 0 aliphatic heterocycles. The maximum absolute atomic E-state index is 12.4. The van der Waals surface area contributed by atoms with Gasteiger partial charge in [-0.25, -0.2) is 8.42 Å². The van der Waals surface area contributed by atoms with Crippen molar-refractivity contribution in [1.29, 1.82) is 0 Å². The topological polar surface area (TPSA) is 74.6 Å². The van der Waals surface area contributed by atoms with Crippen molar-refractivity contribution in [3.63, 3.8) is 0 Å². The Morgan fingerprint density at radius 1 is 0.895 bits per heavy atom. The quantitative estimate of drug-likeness (QED) is 0.885. The Hall–Kier alpha value is -2.01. The van der Waals surface area contributed by atoms with Crippen LogP contribution in [0.4, 0.5) is 0 Å². The largest absolute Gasteiger partial charge is 0.508 e. The summed E-state index contributed by atoms with van der Waals surface area (Å²) in [5.74, 6) is -0.0416. The van der Waals surface area contributed by atoms with E-state index in [-0.39, 0.29) is 21.3 Å². The second-order valence-corrected chi connectivity index (χ2v) is 6.41. The number of phenols is 2. The molecule has 2 rings (SSSR count). The van der Waals surface area contributed by atoms with E-state index in [1.165, 1.54) is 36.4 Å². The zero-order chi connectivity index (χ0) is 14.2. The van der Waals surface area contributed by atoms with Crippen LogP contribution in [0.15, 0.2) is 46.2 Å². The van der Waals surface area contributed by atoms with Gasteiger partial charge < -0.3 is 10.2 Å². The van der Waals surface area contributed by atoms with Crippen LogP contribution in [0.1, 0.15) is 11.1 Å². The summed E-state index contributed by atoms with van der Waals surface area (Å²) in [6.07, 6.45) is 0. The first kappa shape index (κ1) is 13.4.